The van der Waals surface area contributed by atoms with Gasteiger partial charge in [-0.05, 0) is 52.6 Å². The van der Waals surface area contributed by atoms with E-state index in [1.54, 1.807) is 30.4 Å². The molecule has 4 aliphatic heterocycles. The first-order valence-electron chi connectivity index (χ1n) is 11.3. The Hall–Kier alpha value is 0.360. The summed E-state index contributed by atoms with van der Waals surface area (Å²) in [4.78, 5) is 28.1. The van der Waals surface area contributed by atoms with E-state index in [2.05, 4.69) is 31.9 Å². The van der Waals surface area contributed by atoms with Gasteiger partial charge in [-0.1, -0.05) is 0 Å². The largest absolute Gasteiger partial charge is 0.481 e. The third-order valence-electron chi connectivity index (χ3n) is 5.83. The Labute approximate surface area is 242 Å². The summed E-state index contributed by atoms with van der Waals surface area (Å²) in [5.41, 5.74) is 0. The highest BCUT2D eigenvalue weighted by Crippen LogP contribution is 2.71. The van der Waals surface area contributed by atoms with E-state index in [0.717, 1.165) is 28.5 Å². The van der Waals surface area contributed by atoms with Crippen LogP contribution in [-0.2, 0) is 33.3 Å². The van der Waals surface area contributed by atoms with Gasteiger partial charge < -0.3 is 28.8 Å². The van der Waals surface area contributed by atoms with Gasteiger partial charge in [0.15, 0.2) is 25.2 Å². The molecule has 4 aliphatic rings. The molecule has 2 saturated heterocycles. The van der Waals surface area contributed by atoms with E-state index in [-0.39, 0.29) is 48.7 Å². The summed E-state index contributed by atoms with van der Waals surface area (Å²) in [5, 5.41) is 9.64. The number of thioether (sulfide) groups is 4. The van der Waals surface area contributed by atoms with Crippen LogP contribution < -0.4 is 0 Å². The number of carbonyl (C=O) groups is 2. The number of benzene rings is 1. The number of hydrogen-bond donors (Lipinski definition) is 1. The fraction of sp³-hybridized carbons (Fsp3) is 0.636. The number of halogens is 2. The molecule has 14 heteroatoms. The van der Waals surface area contributed by atoms with Crippen molar-refractivity contribution < 1.29 is 38.4 Å². The predicted molar refractivity (Wildman–Crippen MR) is 144 cm³/mol. The monoisotopic (exact) mass is 702 g/mol. The van der Waals surface area contributed by atoms with Gasteiger partial charge in [0.05, 0.1) is 27.6 Å². The minimum atomic E-state index is -0.959. The van der Waals surface area contributed by atoms with Gasteiger partial charge >= 0.3 is 11.9 Å². The highest BCUT2D eigenvalue weighted by atomic mass is 79.9. The summed E-state index contributed by atoms with van der Waals surface area (Å²) in [6.07, 6.45) is 0.0995. The Morgan fingerprint density at radius 2 is 1.25 bits per heavy atom. The number of aliphatic carboxylic acids is 1. The van der Waals surface area contributed by atoms with Crippen molar-refractivity contribution in [3.05, 3.63) is 8.95 Å². The molecule has 5 rings (SSSR count). The molecule has 0 aromatic heterocycles. The molecular weight excluding hydrogens is 680 g/mol. The molecule has 1 N–H and O–H groups in total. The van der Waals surface area contributed by atoms with Crippen LogP contribution in [0, 0.1) is 0 Å². The van der Waals surface area contributed by atoms with Crippen molar-refractivity contribution >= 4 is 90.8 Å². The van der Waals surface area contributed by atoms with Crippen molar-refractivity contribution in [2.45, 2.75) is 99.4 Å². The van der Waals surface area contributed by atoms with Gasteiger partial charge in [0, 0.05) is 41.4 Å². The van der Waals surface area contributed by atoms with E-state index in [0.29, 0.717) is 12.8 Å². The number of carboxylic acid groups (broad SMARTS) is 1. The van der Waals surface area contributed by atoms with Gasteiger partial charge in [0.2, 0.25) is 0 Å². The topological polar surface area (TPSA) is 101 Å². The van der Waals surface area contributed by atoms with E-state index in [1.165, 1.54) is 23.5 Å². The van der Waals surface area contributed by atoms with Crippen LogP contribution in [0.3, 0.4) is 0 Å². The number of rotatable bonds is 9. The molecular formula is C22H24Br2O8S4. The third kappa shape index (κ3) is 5.50. The zero-order valence-corrected chi connectivity index (χ0v) is 26.0. The molecule has 0 atom stereocenters. The zero-order valence-electron chi connectivity index (χ0n) is 19.5. The standard InChI is InChI=1S/C22H24Br2O8S4/c1-4-28-12(27)6-21(5-11(25)26)33-17-15(23)19-20(16(24)18(17)34-21)36-22(35-19,7-13-29-9(2)30-13)8-14-31-10(3)32-14/h9-10,13-14H,4-8H2,1-3H3,(H,25,26). The van der Waals surface area contributed by atoms with Crippen molar-refractivity contribution in [1.29, 1.82) is 0 Å². The Balaban J connectivity index is 1.44. The number of ether oxygens (including phenoxy) is 5. The number of esters is 1. The molecule has 2 fully saturated rings. The lowest BCUT2D eigenvalue weighted by Crippen LogP contribution is -2.46. The summed E-state index contributed by atoms with van der Waals surface area (Å²) >= 11 is 13.9. The summed E-state index contributed by atoms with van der Waals surface area (Å²) in [6.45, 7) is 5.74. The first-order valence-corrected chi connectivity index (χ1v) is 16.2. The molecule has 0 unspecified atom stereocenters. The van der Waals surface area contributed by atoms with Crippen molar-refractivity contribution in [3.63, 3.8) is 0 Å². The molecule has 0 bridgehead atoms. The van der Waals surface area contributed by atoms with Crippen molar-refractivity contribution in [2.24, 2.45) is 0 Å². The van der Waals surface area contributed by atoms with E-state index >= 15 is 0 Å². The molecule has 198 valence electrons. The number of carbonyl (C=O) groups excluding carboxylic acids is 1. The Kier molecular flexibility index (Phi) is 8.32. The molecule has 1 aromatic rings. The SMILES string of the molecule is CCOC(=O)CC1(CC(=O)O)Sc2c(Br)c3c(c(Br)c2S1)SC(CC1OC(C)O1)(CC1OC(C)O1)S3. The number of fused-ring (bicyclic) bond motifs is 2. The second-order valence-electron chi connectivity index (χ2n) is 8.67. The minimum absolute atomic E-state index is 0.00595. The number of carboxylic acids is 1. The highest BCUT2D eigenvalue weighted by Gasteiger charge is 2.52. The van der Waals surface area contributed by atoms with Crippen LogP contribution in [0.25, 0.3) is 0 Å². The molecule has 1 aromatic carbocycles. The van der Waals surface area contributed by atoms with Crippen molar-refractivity contribution in [2.75, 3.05) is 6.61 Å². The minimum Gasteiger partial charge on any atom is -0.481 e. The average Bonchev–Trinajstić information content (AvgIpc) is 3.29. The van der Waals surface area contributed by atoms with Crippen LogP contribution in [0.5, 0.6) is 0 Å². The lowest BCUT2D eigenvalue weighted by atomic mass is 10.2. The van der Waals surface area contributed by atoms with E-state index in [4.69, 9.17) is 23.7 Å². The first kappa shape index (κ1) is 27.9. The van der Waals surface area contributed by atoms with Crippen LogP contribution in [0.4, 0.5) is 0 Å². The summed E-state index contributed by atoms with van der Waals surface area (Å²) in [6, 6.07) is 0. The highest BCUT2D eigenvalue weighted by molar-refractivity contribution is 9.11. The maximum Gasteiger partial charge on any atom is 0.308 e. The second kappa shape index (κ2) is 10.7. The fourth-order valence-corrected chi connectivity index (χ4v) is 13.4. The lowest BCUT2D eigenvalue weighted by Gasteiger charge is -2.42. The molecule has 0 radical (unpaired) electrons. The lowest BCUT2D eigenvalue weighted by molar-refractivity contribution is -0.386. The van der Waals surface area contributed by atoms with E-state index in [1.807, 2.05) is 13.8 Å². The molecule has 4 heterocycles. The number of hydrogen-bond acceptors (Lipinski definition) is 11. The summed E-state index contributed by atoms with van der Waals surface area (Å²) in [7, 11) is 0. The second-order valence-corrected chi connectivity index (χ2v) is 16.4. The van der Waals surface area contributed by atoms with Gasteiger partial charge in [-0.2, -0.15) is 0 Å². The molecule has 0 spiro atoms. The average molecular weight is 705 g/mol. The molecule has 0 amide bonds. The first-order chi connectivity index (χ1) is 17.0. The fourth-order valence-electron chi connectivity index (χ4n) is 4.45. The van der Waals surface area contributed by atoms with Crippen molar-refractivity contribution in [3.8, 4) is 0 Å². The Morgan fingerprint density at radius 3 is 1.61 bits per heavy atom. The Bertz CT molecular complexity index is 1010. The summed E-state index contributed by atoms with van der Waals surface area (Å²) < 4.78 is 28.8. The predicted octanol–water partition coefficient (Wildman–Crippen LogP) is 6.65. The van der Waals surface area contributed by atoms with Gasteiger partial charge in [-0.15, -0.1) is 47.0 Å². The zero-order chi connectivity index (χ0) is 25.8. The van der Waals surface area contributed by atoms with Crippen LogP contribution in [0.15, 0.2) is 28.5 Å². The Morgan fingerprint density at radius 1 is 0.833 bits per heavy atom. The smallest absolute Gasteiger partial charge is 0.308 e. The van der Waals surface area contributed by atoms with E-state index in [9.17, 15) is 14.7 Å². The van der Waals surface area contributed by atoms with Crippen LogP contribution in [0.1, 0.15) is 46.5 Å². The van der Waals surface area contributed by atoms with Gasteiger partial charge in [0.25, 0.3) is 0 Å². The molecule has 0 aliphatic carbocycles. The maximum absolute atomic E-state index is 12.4. The van der Waals surface area contributed by atoms with Crippen LogP contribution in [-0.4, -0.2) is 57.0 Å². The molecule has 0 saturated carbocycles. The maximum atomic E-state index is 12.4. The van der Waals surface area contributed by atoms with Crippen LogP contribution >= 0.6 is 78.9 Å². The van der Waals surface area contributed by atoms with E-state index < -0.39 is 16.0 Å². The molecule has 36 heavy (non-hydrogen) atoms. The summed E-state index contributed by atoms with van der Waals surface area (Å²) in [5.74, 6) is -1.36. The third-order valence-corrected chi connectivity index (χ3v) is 14.9. The normalized spacial score (nSPS) is 29.1. The van der Waals surface area contributed by atoms with Crippen LogP contribution in [0.2, 0.25) is 0 Å². The van der Waals surface area contributed by atoms with Gasteiger partial charge in [0.1, 0.15) is 0 Å². The van der Waals surface area contributed by atoms with Gasteiger partial charge in [-0.25, -0.2) is 0 Å². The van der Waals surface area contributed by atoms with Gasteiger partial charge in [-0.3, -0.25) is 9.59 Å². The van der Waals surface area contributed by atoms with Crippen molar-refractivity contribution in [1.82, 2.24) is 0 Å². The quantitative estimate of drug-likeness (QED) is 0.279. The molecule has 8 nitrogen and oxygen atoms in total.